The van der Waals surface area contributed by atoms with Crippen molar-refractivity contribution in [2.75, 3.05) is 16.8 Å². The van der Waals surface area contributed by atoms with Gasteiger partial charge in [-0.2, -0.15) is 0 Å². The second kappa shape index (κ2) is 9.02. The highest BCUT2D eigenvalue weighted by atomic mass is 35.5. The fraction of sp³-hybridized carbons (Fsp3) is 0.0769. The van der Waals surface area contributed by atoms with E-state index in [2.05, 4.69) is 5.32 Å². The summed E-state index contributed by atoms with van der Waals surface area (Å²) in [5, 5.41) is 5.29. The van der Waals surface area contributed by atoms with Crippen LogP contribution in [0.2, 0.25) is 5.02 Å². The lowest BCUT2D eigenvalue weighted by molar-refractivity contribution is 0.0986. The fourth-order valence-electron chi connectivity index (χ4n) is 3.60. The number of benzene rings is 4. The summed E-state index contributed by atoms with van der Waals surface area (Å²) in [6.45, 7) is 2.46. The van der Waals surface area contributed by atoms with Crippen LogP contribution in [0.1, 0.15) is 27.6 Å². The molecule has 0 aliphatic rings. The molecule has 2 amide bonds. The number of carbonyl (C=O) groups is 2. The first-order chi connectivity index (χ1) is 15.1. The molecular formula is C26H21ClN2O2. The van der Waals surface area contributed by atoms with E-state index < -0.39 is 0 Å². The van der Waals surface area contributed by atoms with Crippen molar-refractivity contribution in [3.8, 4) is 0 Å². The number of carbonyl (C=O) groups excluding carboxylic acids is 2. The Kier molecular flexibility index (Phi) is 6.01. The van der Waals surface area contributed by atoms with Gasteiger partial charge in [-0.05, 0) is 48.7 Å². The number of hydrogen-bond acceptors (Lipinski definition) is 2. The number of fused-ring (bicyclic) bond motifs is 1. The Morgan fingerprint density at radius 2 is 1.58 bits per heavy atom. The molecule has 0 aromatic heterocycles. The number of anilines is 2. The standard InChI is InChI=1S/C26H21ClN2O2/c1-2-29(24-16-8-10-18-9-3-4-13-21(18)24)26(31)19-11-7-12-20(17-19)28-25(30)22-14-5-6-15-23(22)27/h3-17H,2H2,1H3,(H,28,30). The molecule has 4 aromatic rings. The van der Waals surface area contributed by atoms with Gasteiger partial charge in [0.1, 0.15) is 0 Å². The highest BCUT2D eigenvalue weighted by Crippen LogP contribution is 2.28. The van der Waals surface area contributed by atoms with E-state index in [0.29, 0.717) is 28.4 Å². The van der Waals surface area contributed by atoms with Crippen molar-refractivity contribution >= 4 is 45.6 Å². The highest BCUT2D eigenvalue weighted by Gasteiger charge is 2.19. The van der Waals surface area contributed by atoms with Crippen molar-refractivity contribution in [3.63, 3.8) is 0 Å². The number of halogens is 1. The molecule has 0 heterocycles. The average Bonchev–Trinajstić information content (AvgIpc) is 2.80. The zero-order chi connectivity index (χ0) is 21.8. The first-order valence-corrected chi connectivity index (χ1v) is 10.4. The van der Waals surface area contributed by atoms with Gasteiger partial charge in [-0.25, -0.2) is 0 Å². The second-order valence-corrected chi connectivity index (χ2v) is 7.47. The topological polar surface area (TPSA) is 49.4 Å². The van der Waals surface area contributed by atoms with Crippen molar-refractivity contribution in [2.45, 2.75) is 6.92 Å². The highest BCUT2D eigenvalue weighted by molar-refractivity contribution is 6.34. The molecule has 0 bridgehead atoms. The Labute approximate surface area is 186 Å². The SMILES string of the molecule is CCN(C(=O)c1cccc(NC(=O)c2ccccc2Cl)c1)c1cccc2ccccc12. The maximum atomic E-state index is 13.4. The lowest BCUT2D eigenvalue weighted by Gasteiger charge is -2.23. The van der Waals surface area contributed by atoms with Gasteiger partial charge in [0.05, 0.1) is 16.3 Å². The predicted octanol–water partition coefficient (Wildman–Crippen LogP) is 6.41. The van der Waals surface area contributed by atoms with Crippen LogP contribution in [0.15, 0.2) is 91.0 Å². The van der Waals surface area contributed by atoms with E-state index in [-0.39, 0.29) is 11.8 Å². The smallest absolute Gasteiger partial charge is 0.258 e. The van der Waals surface area contributed by atoms with Crippen LogP contribution in [0.4, 0.5) is 11.4 Å². The predicted molar refractivity (Wildman–Crippen MR) is 127 cm³/mol. The molecule has 0 saturated heterocycles. The Morgan fingerprint density at radius 1 is 0.871 bits per heavy atom. The molecule has 31 heavy (non-hydrogen) atoms. The quantitative estimate of drug-likeness (QED) is 0.399. The normalized spacial score (nSPS) is 10.6. The van der Waals surface area contributed by atoms with Gasteiger partial charge in [0, 0.05) is 23.2 Å². The van der Waals surface area contributed by atoms with Crippen molar-refractivity contribution in [1.29, 1.82) is 0 Å². The third-order valence-electron chi connectivity index (χ3n) is 5.10. The zero-order valence-electron chi connectivity index (χ0n) is 17.0. The Balaban J connectivity index is 1.62. The fourth-order valence-corrected chi connectivity index (χ4v) is 3.82. The summed E-state index contributed by atoms with van der Waals surface area (Å²) in [4.78, 5) is 27.7. The van der Waals surface area contributed by atoms with Crippen molar-refractivity contribution in [2.24, 2.45) is 0 Å². The van der Waals surface area contributed by atoms with Crippen LogP contribution in [-0.2, 0) is 0 Å². The zero-order valence-corrected chi connectivity index (χ0v) is 17.8. The molecule has 0 unspecified atom stereocenters. The summed E-state index contributed by atoms with van der Waals surface area (Å²) in [7, 11) is 0. The molecule has 5 heteroatoms. The van der Waals surface area contributed by atoms with E-state index in [0.717, 1.165) is 16.5 Å². The van der Waals surface area contributed by atoms with Gasteiger partial charge >= 0.3 is 0 Å². The Hall–Kier alpha value is -3.63. The Morgan fingerprint density at radius 3 is 2.39 bits per heavy atom. The van der Waals surface area contributed by atoms with Crippen LogP contribution in [0.5, 0.6) is 0 Å². The summed E-state index contributed by atoms with van der Waals surface area (Å²) in [6, 6.07) is 27.7. The van der Waals surface area contributed by atoms with Gasteiger partial charge in [-0.15, -0.1) is 0 Å². The third kappa shape index (κ3) is 4.30. The molecule has 4 rings (SSSR count). The molecule has 0 aliphatic heterocycles. The largest absolute Gasteiger partial charge is 0.322 e. The van der Waals surface area contributed by atoms with Gasteiger partial charge in [0.25, 0.3) is 11.8 Å². The van der Waals surface area contributed by atoms with Crippen LogP contribution < -0.4 is 10.2 Å². The first kappa shape index (κ1) is 20.6. The number of nitrogens with one attached hydrogen (secondary N) is 1. The number of hydrogen-bond donors (Lipinski definition) is 1. The molecule has 0 aliphatic carbocycles. The molecule has 4 aromatic carbocycles. The van der Waals surface area contributed by atoms with Crippen LogP contribution >= 0.6 is 11.6 Å². The molecule has 0 saturated carbocycles. The van der Waals surface area contributed by atoms with Crippen LogP contribution in [0, 0.1) is 0 Å². The summed E-state index contributed by atoms with van der Waals surface area (Å²) >= 11 is 6.12. The molecule has 0 fully saturated rings. The lowest BCUT2D eigenvalue weighted by Crippen LogP contribution is -2.30. The second-order valence-electron chi connectivity index (χ2n) is 7.06. The van der Waals surface area contributed by atoms with Crippen LogP contribution in [-0.4, -0.2) is 18.4 Å². The van der Waals surface area contributed by atoms with E-state index >= 15 is 0 Å². The summed E-state index contributed by atoms with van der Waals surface area (Å²) in [5.74, 6) is -0.454. The summed E-state index contributed by atoms with van der Waals surface area (Å²) in [5.41, 5.74) is 2.26. The van der Waals surface area contributed by atoms with Crippen molar-refractivity contribution < 1.29 is 9.59 Å². The van der Waals surface area contributed by atoms with Crippen molar-refractivity contribution in [1.82, 2.24) is 0 Å². The monoisotopic (exact) mass is 428 g/mol. The number of rotatable bonds is 5. The summed E-state index contributed by atoms with van der Waals surface area (Å²) < 4.78 is 0. The molecule has 0 atom stereocenters. The van der Waals surface area contributed by atoms with Gasteiger partial charge in [0.2, 0.25) is 0 Å². The minimum atomic E-state index is -0.323. The van der Waals surface area contributed by atoms with E-state index in [9.17, 15) is 9.59 Å². The molecule has 0 radical (unpaired) electrons. The van der Waals surface area contributed by atoms with E-state index in [1.54, 1.807) is 53.4 Å². The number of amides is 2. The lowest BCUT2D eigenvalue weighted by atomic mass is 10.1. The number of nitrogens with zero attached hydrogens (tertiary/aromatic N) is 1. The van der Waals surface area contributed by atoms with Crippen molar-refractivity contribution in [3.05, 3.63) is 107 Å². The molecular weight excluding hydrogens is 408 g/mol. The van der Waals surface area contributed by atoms with Gasteiger partial charge in [0.15, 0.2) is 0 Å². The minimum absolute atomic E-state index is 0.132. The van der Waals surface area contributed by atoms with E-state index in [4.69, 9.17) is 11.6 Å². The molecule has 0 spiro atoms. The first-order valence-electron chi connectivity index (χ1n) is 10.0. The average molecular weight is 429 g/mol. The van der Waals surface area contributed by atoms with Crippen LogP contribution in [0.3, 0.4) is 0 Å². The van der Waals surface area contributed by atoms with E-state index in [1.165, 1.54) is 0 Å². The van der Waals surface area contributed by atoms with Gasteiger partial charge < -0.3 is 10.2 Å². The molecule has 154 valence electrons. The minimum Gasteiger partial charge on any atom is -0.322 e. The van der Waals surface area contributed by atoms with Crippen LogP contribution in [0.25, 0.3) is 10.8 Å². The van der Waals surface area contributed by atoms with E-state index in [1.807, 2.05) is 49.4 Å². The maximum Gasteiger partial charge on any atom is 0.258 e. The van der Waals surface area contributed by atoms with Gasteiger partial charge in [-0.1, -0.05) is 66.2 Å². The summed E-state index contributed by atoms with van der Waals surface area (Å²) in [6.07, 6.45) is 0. The van der Waals surface area contributed by atoms with Gasteiger partial charge in [-0.3, -0.25) is 9.59 Å². The molecule has 4 nitrogen and oxygen atoms in total. The maximum absolute atomic E-state index is 13.4. The third-order valence-corrected chi connectivity index (χ3v) is 5.43. The Bertz CT molecular complexity index is 1260. The molecule has 1 N–H and O–H groups in total.